The highest BCUT2D eigenvalue weighted by molar-refractivity contribution is 5.25. The largest absolute Gasteiger partial charge is 0.271 e. The van der Waals surface area contributed by atoms with Crippen LogP contribution in [-0.2, 0) is 0 Å². The Morgan fingerprint density at radius 2 is 2.06 bits per heavy atom. The van der Waals surface area contributed by atoms with Crippen LogP contribution in [0.1, 0.15) is 49.7 Å². The molecular weight excluding hydrogens is 198 g/mol. The van der Waals surface area contributed by atoms with Crippen molar-refractivity contribution in [3.8, 4) is 0 Å². The van der Waals surface area contributed by atoms with Gasteiger partial charge >= 0.3 is 0 Å². The standard InChI is InChI=1S/C13H23N3/c1-5-9(2)8-13(16-14)12-7-6-10(3)15-11(12)4/h6-7,9,13,16H,5,8,14H2,1-4H3. The van der Waals surface area contributed by atoms with Crippen molar-refractivity contribution in [2.75, 3.05) is 0 Å². The number of nitrogens with one attached hydrogen (secondary N) is 1. The average molecular weight is 221 g/mol. The molecule has 0 aromatic carbocycles. The molecule has 0 amide bonds. The number of nitrogens with two attached hydrogens (primary N) is 1. The summed E-state index contributed by atoms with van der Waals surface area (Å²) in [5.41, 5.74) is 6.25. The van der Waals surface area contributed by atoms with Crippen molar-refractivity contribution in [3.05, 3.63) is 29.1 Å². The van der Waals surface area contributed by atoms with E-state index in [-0.39, 0.29) is 6.04 Å². The lowest BCUT2D eigenvalue weighted by atomic mass is 9.94. The highest BCUT2D eigenvalue weighted by atomic mass is 15.2. The third-order valence-electron chi connectivity index (χ3n) is 3.18. The fraction of sp³-hybridized carbons (Fsp3) is 0.615. The summed E-state index contributed by atoms with van der Waals surface area (Å²) in [7, 11) is 0. The predicted octanol–water partition coefficient (Wildman–Crippen LogP) is 2.64. The maximum Gasteiger partial charge on any atom is 0.0480 e. The second-order valence-electron chi connectivity index (χ2n) is 4.60. The van der Waals surface area contributed by atoms with Crippen LogP contribution in [0, 0.1) is 19.8 Å². The van der Waals surface area contributed by atoms with Crippen molar-refractivity contribution >= 4 is 0 Å². The number of aromatic nitrogens is 1. The molecule has 16 heavy (non-hydrogen) atoms. The Morgan fingerprint density at radius 1 is 1.38 bits per heavy atom. The van der Waals surface area contributed by atoms with Crippen LogP contribution < -0.4 is 11.3 Å². The van der Waals surface area contributed by atoms with E-state index in [0.717, 1.165) is 17.8 Å². The van der Waals surface area contributed by atoms with E-state index >= 15 is 0 Å². The Morgan fingerprint density at radius 3 is 2.56 bits per heavy atom. The first-order valence-corrected chi connectivity index (χ1v) is 5.98. The molecule has 3 nitrogen and oxygen atoms in total. The van der Waals surface area contributed by atoms with Crippen LogP contribution >= 0.6 is 0 Å². The molecule has 0 spiro atoms. The second-order valence-corrected chi connectivity index (χ2v) is 4.60. The highest BCUT2D eigenvalue weighted by Gasteiger charge is 2.15. The van der Waals surface area contributed by atoms with E-state index in [0.29, 0.717) is 5.92 Å². The van der Waals surface area contributed by atoms with Crippen LogP contribution in [0.5, 0.6) is 0 Å². The minimum atomic E-state index is 0.211. The topological polar surface area (TPSA) is 50.9 Å². The molecule has 3 N–H and O–H groups in total. The van der Waals surface area contributed by atoms with E-state index < -0.39 is 0 Å². The van der Waals surface area contributed by atoms with Gasteiger partial charge in [0.25, 0.3) is 0 Å². The van der Waals surface area contributed by atoms with Crippen LogP contribution in [0.3, 0.4) is 0 Å². The van der Waals surface area contributed by atoms with Gasteiger partial charge in [0.05, 0.1) is 0 Å². The van der Waals surface area contributed by atoms with Gasteiger partial charge < -0.3 is 0 Å². The minimum Gasteiger partial charge on any atom is -0.271 e. The van der Waals surface area contributed by atoms with E-state index in [4.69, 9.17) is 5.84 Å². The number of hydrogen-bond acceptors (Lipinski definition) is 3. The van der Waals surface area contributed by atoms with Crippen molar-refractivity contribution < 1.29 is 0 Å². The maximum absolute atomic E-state index is 5.64. The average Bonchev–Trinajstić information content (AvgIpc) is 2.26. The molecule has 0 aliphatic rings. The first-order chi connectivity index (χ1) is 7.58. The van der Waals surface area contributed by atoms with Crippen molar-refractivity contribution in [1.29, 1.82) is 0 Å². The Labute approximate surface area is 98.4 Å². The molecule has 1 heterocycles. The molecule has 90 valence electrons. The SMILES string of the molecule is CCC(C)CC(NN)c1ccc(C)nc1C. The molecule has 1 aromatic rings. The lowest BCUT2D eigenvalue weighted by Crippen LogP contribution is -2.30. The monoisotopic (exact) mass is 221 g/mol. The lowest BCUT2D eigenvalue weighted by Gasteiger charge is -2.21. The third kappa shape index (κ3) is 3.29. The summed E-state index contributed by atoms with van der Waals surface area (Å²) < 4.78 is 0. The zero-order valence-electron chi connectivity index (χ0n) is 10.7. The first-order valence-electron chi connectivity index (χ1n) is 5.98. The highest BCUT2D eigenvalue weighted by Crippen LogP contribution is 2.24. The van der Waals surface area contributed by atoms with E-state index in [1.165, 1.54) is 12.0 Å². The number of hydrazine groups is 1. The molecule has 0 fully saturated rings. The van der Waals surface area contributed by atoms with Gasteiger partial charge in [-0.3, -0.25) is 16.3 Å². The van der Waals surface area contributed by atoms with Crippen LogP contribution in [0.15, 0.2) is 12.1 Å². The van der Waals surface area contributed by atoms with Gasteiger partial charge in [0.15, 0.2) is 0 Å². The number of pyridine rings is 1. The van der Waals surface area contributed by atoms with E-state index in [1.807, 2.05) is 19.9 Å². The number of aryl methyl sites for hydroxylation is 2. The van der Waals surface area contributed by atoms with Gasteiger partial charge in [-0.15, -0.1) is 0 Å². The zero-order valence-corrected chi connectivity index (χ0v) is 10.7. The summed E-state index contributed by atoms with van der Waals surface area (Å²) in [6, 6.07) is 4.39. The third-order valence-corrected chi connectivity index (χ3v) is 3.18. The summed E-state index contributed by atoms with van der Waals surface area (Å²) in [6.07, 6.45) is 2.23. The molecule has 2 unspecified atom stereocenters. The van der Waals surface area contributed by atoms with Crippen molar-refractivity contribution in [2.45, 2.75) is 46.6 Å². The van der Waals surface area contributed by atoms with Crippen molar-refractivity contribution in [2.24, 2.45) is 11.8 Å². The zero-order chi connectivity index (χ0) is 12.1. The number of rotatable bonds is 5. The summed E-state index contributed by atoms with van der Waals surface area (Å²) in [6.45, 7) is 8.51. The quantitative estimate of drug-likeness (QED) is 0.593. The van der Waals surface area contributed by atoms with Crippen molar-refractivity contribution in [3.63, 3.8) is 0 Å². The maximum atomic E-state index is 5.64. The Hall–Kier alpha value is -0.930. The molecule has 0 saturated carbocycles. The van der Waals surface area contributed by atoms with E-state index in [9.17, 15) is 0 Å². The Bertz CT molecular complexity index is 336. The van der Waals surface area contributed by atoms with Gasteiger partial charge in [0, 0.05) is 17.4 Å². The fourth-order valence-electron chi connectivity index (χ4n) is 1.92. The molecule has 0 aliphatic heterocycles. The van der Waals surface area contributed by atoms with E-state index in [2.05, 4.69) is 30.3 Å². The molecule has 0 saturated heterocycles. The smallest absolute Gasteiger partial charge is 0.0480 e. The number of nitrogens with zero attached hydrogens (tertiary/aromatic N) is 1. The first kappa shape index (κ1) is 13.1. The van der Waals surface area contributed by atoms with Crippen LogP contribution in [0.25, 0.3) is 0 Å². The molecule has 1 rings (SSSR count). The Balaban J connectivity index is 2.86. The van der Waals surface area contributed by atoms with E-state index in [1.54, 1.807) is 0 Å². The summed E-state index contributed by atoms with van der Waals surface area (Å²) in [4.78, 5) is 4.48. The van der Waals surface area contributed by atoms with Gasteiger partial charge in [-0.25, -0.2) is 0 Å². The normalized spacial score (nSPS) is 14.8. The second kappa shape index (κ2) is 5.97. The predicted molar refractivity (Wildman–Crippen MR) is 67.8 cm³/mol. The molecule has 1 aromatic heterocycles. The van der Waals surface area contributed by atoms with Gasteiger partial charge in [0.2, 0.25) is 0 Å². The van der Waals surface area contributed by atoms with Crippen LogP contribution in [0.2, 0.25) is 0 Å². The van der Waals surface area contributed by atoms with Crippen LogP contribution in [-0.4, -0.2) is 4.98 Å². The molecule has 0 radical (unpaired) electrons. The molecule has 0 bridgehead atoms. The summed E-state index contributed by atoms with van der Waals surface area (Å²) in [5.74, 6) is 6.31. The van der Waals surface area contributed by atoms with Gasteiger partial charge in [0.1, 0.15) is 0 Å². The molecular formula is C13H23N3. The van der Waals surface area contributed by atoms with Gasteiger partial charge in [-0.2, -0.15) is 0 Å². The summed E-state index contributed by atoms with van der Waals surface area (Å²) in [5, 5.41) is 0. The van der Waals surface area contributed by atoms with Crippen molar-refractivity contribution in [1.82, 2.24) is 10.4 Å². The molecule has 3 heteroatoms. The molecule has 0 aliphatic carbocycles. The van der Waals surface area contributed by atoms with Crippen LogP contribution in [0.4, 0.5) is 0 Å². The Kier molecular flexibility index (Phi) is 4.90. The lowest BCUT2D eigenvalue weighted by molar-refractivity contribution is 0.406. The van der Waals surface area contributed by atoms with Gasteiger partial charge in [-0.05, 0) is 37.8 Å². The fourth-order valence-corrected chi connectivity index (χ4v) is 1.92. The number of hydrogen-bond donors (Lipinski definition) is 2. The summed E-state index contributed by atoms with van der Waals surface area (Å²) >= 11 is 0. The minimum absolute atomic E-state index is 0.211. The van der Waals surface area contributed by atoms with Gasteiger partial charge in [-0.1, -0.05) is 26.3 Å². The molecule has 2 atom stereocenters.